The summed E-state index contributed by atoms with van der Waals surface area (Å²) in [7, 11) is -3.92. The third kappa shape index (κ3) is 4.17. The van der Waals surface area contributed by atoms with E-state index >= 15 is 0 Å². The van der Waals surface area contributed by atoms with Gasteiger partial charge in [0.25, 0.3) is 15.9 Å². The van der Waals surface area contributed by atoms with E-state index in [4.69, 9.17) is 9.47 Å². The van der Waals surface area contributed by atoms with Gasteiger partial charge in [-0.3, -0.25) is 9.52 Å². The van der Waals surface area contributed by atoms with Crippen LogP contribution in [-0.2, 0) is 14.8 Å². The van der Waals surface area contributed by atoms with Crippen molar-refractivity contribution in [2.45, 2.75) is 11.8 Å². The van der Waals surface area contributed by atoms with Crippen LogP contribution in [0, 0.1) is 6.92 Å². The summed E-state index contributed by atoms with van der Waals surface area (Å²) in [6, 6.07) is 18.5. The molecular weight excluding hydrogens is 392 g/mol. The lowest BCUT2D eigenvalue weighted by atomic mass is 10.2. The van der Waals surface area contributed by atoms with Gasteiger partial charge >= 0.3 is 0 Å². The monoisotopic (exact) mass is 410 g/mol. The molecule has 4 rings (SSSR count). The molecule has 3 aromatic carbocycles. The van der Waals surface area contributed by atoms with Crippen molar-refractivity contribution in [3.63, 3.8) is 0 Å². The molecule has 0 unspecified atom stereocenters. The van der Waals surface area contributed by atoms with E-state index in [2.05, 4.69) is 10.0 Å². The first-order valence-corrected chi connectivity index (χ1v) is 10.3. The van der Waals surface area contributed by atoms with Gasteiger partial charge in [-0.15, -0.1) is 0 Å². The van der Waals surface area contributed by atoms with E-state index in [1.165, 1.54) is 18.2 Å². The molecule has 8 heteroatoms. The SMILES string of the molecule is Cc1cccc(Oc2ccccc2NS(=O)(=O)c2ccc3c(c2)NC(=O)CO3)c1. The first-order valence-electron chi connectivity index (χ1n) is 8.84. The number of sulfonamides is 1. The number of fused-ring (bicyclic) bond motifs is 1. The number of hydrogen-bond acceptors (Lipinski definition) is 5. The van der Waals surface area contributed by atoms with E-state index in [9.17, 15) is 13.2 Å². The Hall–Kier alpha value is -3.52. The van der Waals surface area contributed by atoms with Crippen LogP contribution in [0.25, 0.3) is 0 Å². The van der Waals surface area contributed by atoms with Crippen molar-refractivity contribution in [1.29, 1.82) is 0 Å². The van der Waals surface area contributed by atoms with Crippen molar-refractivity contribution in [2.24, 2.45) is 0 Å². The molecule has 0 saturated heterocycles. The summed E-state index contributed by atoms with van der Waals surface area (Å²) in [4.78, 5) is 11.5. The van der Waals surface area contributed by atoms with Crippen molar-refractivity contribution in [1.82, 2.24) is 0 Å². The van der Waals surface area contributed by atoms with E-state index < -0.39 is 10.0 Å². The molecule has 2 N–H and O–H groups in total. The molecule has 0 spiro atoms. The van der Waals surface area contributed by atoms with Gasteiger partial charge in [0.2, 0.25) is 0 Å². The molecule has 29 heavy (non-hydrogen) atoms. The van der Waals surface area contributed by atoms with Crippen molar-refractivity contribution in [2.75, 3.05) is 16.6 Å². The lowest BCUT2D eigenvalue weighted by Gasteiger charge is -2.19. The Morgan fingerprint density at radius 2 is 1.86 bits per heavy atom. The van der Waals surface area contributed by atoms with Crippen LogP contribution in [0.5, 0.6) is 17.2 Å². The quantitative estimate of drug-likeness (QED) is 0.665. The van der Waals surface area contributed by atoms with E-state index in [1.54, 1.807) is 30.3 Å². The molecule has 148 valence electrons. The fourth-order valence-corrected chi connectivity index (χ4v) is 3.98. The number of carbonyl (C=O) groups excluding carboxylic acids is 1. The number of rotatable bonds is 5. The van der Waals surface area contributed by atoms with Crippen LogP contribution in [0.4, 0.5) is 11.4 Å². The minimum absolute atomic E-state index is 0.00703. The van der Waals surface area contributed by atoms with Gasteiger partial charge in [-0.25, -0.2) is 8.42 Å². The zero-order valence-electron chi connectivity index (χ0n) is 15.5. The number of amides is 1. The molecule has 0 saturated carbocycles. The molecule has 7 nitrogen and oxygen atoms in total. The Bertz CT molecular complexity index is 1190. The van der Waals surface area contributed by atoms with Crippen molar-refractivity contribution in [3.05, 3.63) is 72.3 Å². The number of aryl methyl sites for hydroxylation is 1. The number of anilines is 2. The molecule has 0 fully saturated rings. The van der Waals surface area contributed by atoms with E-state index in [1.807, 2.05) is 25.1 Å². The average molecular weight is 410 g/mol. The van der Waals surface area contributed by atoms with Gasteiger partial charge in [0, 0.05) is 0 Å². The topological polar surface area (TPSA) is 93.7 Å². The van der Waals surface area contributed by atoms with Crippen molar-refractivity contribution >= 4 is 27.3 Å². The fourth-order valence-electron chi connectivity index (χ4n) is 2.88. The molecule has 1 aliphatic heterocycles. The third-order valence-corrected chi connectivity index (χ3v) is 5.61. The smallest absolute Gasteiger partial charge is 0.262 e. The van der Waals surface area contributed by atoms with E-state index in [-0.39, 0.29) is 17.4 Å². The summed E-state index contributed by atoms with van der Waals surface area (Å²) < 4.78 is 39.5. The number of carbonyl (C=O) groups is 1. The number of hydrogen-bond donors (Lipinski definition) is 2. The lowest BCUT2D eigenvalue weighted by Crippen LogP contribution is -2.25. The standard InChI is InChI=1S/C21H18N2O5S/c1-14-5-4-6-15(11-14)28-20-8-3-2-7-17(20)23-29(25,26)16-9-10-19-18(12-16)22-21(24)13-27-19/h2-12,23H,13H2,1H3,(H,22,24). The Morgan fingerprint density at radius 1 is 1.03 bits per heavy atom. The summed E-state index contributed by atoms with van der Waals surface area (Å²) in [5.41, 5.74) is 1.64. The molecule has 3 aromatic rings. The normalized spacial score (nSPS) is 13.1. The summed E-state index contributed by atoms with van der Waals surface area (Å²) in [5, 5.41) is 2.60. The van der Waals surface area contributed by atoms with Crippen LogP contribution in [-0.4, -0.2) is 20.9 Å². The maximum Gasteiger partial charge on any atom is 0.262 e. The van der Waals surface area contributed by atoms with Crippen LogP contribution in [0.15, 0.2) is 71.6 Å². The molecule has 0 atom stereocenters. The Morgan fingerprint density at radius 3 is 2.69 bits per heavy atom. The first-order chi connectivity index (χ1) is 13.9. The van der Waals surface area contributed by atoms with Gasteiger partial charge in [-0.2, -0.15) is 0 Å². The fraction of sp³-hybridized carbons (Fsp3) is 0.0952. The highest BCUT2D eigenvalue weighted by atomic mass is 32.2. The minimum Gasteiger partial charge on any atom is -0.482 e. The second-order valence-corrected chi connectivity index (χ2v) is 8.20. The van der Waals surface area contributed by atoms with Crippen molar-refractivity contribution in [3.8, 4) is 17.2 Å². The van der Waals surface area contributed by atoms with Crippen LogP contribution in [0.1, 0.15) is 5.56 Å². The lowest BCUT2D eigenvalue weighted by molar-refractivity contribution is -0.118. The van der Waals surface area contributed by atoms with Gasteiger partial charge in [0.1, 0.15) is 11.5 Å². The molecule has 1 amide bonds. The maximum absolute atomic E-state index is 12.9. The van der Waals surface area contributed by atoms with Gasteiger partial charge in [0.15, 0.2) is 12.4 Å². The Labute approximate surface area is 168 Å². The third-order valence-electron chi connectivity index (χ3n) is 4.24. The molecule has 0 aliphatic carbocycles. The number of ether oxygens (including phenoxy) is 2. The van der Waals surface area contributed by atoms with E-state index in [0.717, 1.165) is 5.56 Å². The molecule has 0 bridgehead atoms. The maximum atomic E-state index is 12.9. The number of nitrogens with one attached hydrogen (secondary N) is 2. The molecular formula is C21H18N2O5S. The summed E-state index contributed by atoms with van der Waals surface area (Å²) >= 11 is 0. The molecule has 1 heterocycles. The van der Waals surface area contributed by atoms with Gasteiger partial charge in [0.05, 0.1) is 16.3 Å². The molecule has 1 aliphatic rings. The predicted molar refractivity (Wildman–Crippen MR) is 109 cm³/mol. The first kappa shape index (κ1) is 18.8. The van der Waals surface area contributed by atoms with Crippen LogP contribution in [0.2, 0.25) is 0 Å². The Kier molecular flexibility index (Phi) is 4.85. The zero-order chi connectivity index (χ0) is 20.4. The van der Waals surface area contributed by atoms with Crippen LogP contribution in [0.3, 0.4) is 0 Å². The second kappa shape index (κ2) is 7.48. The van der Waals surface area contributed by atoms with Crippen LogP contribution >= 0.6 is 0 Å². The average Bonchev–Trinajstić information content (AvgIpc) is 2.69. The summed E-state index contributed by atoms with van der Waals surface area (Å²) in [6.45, 7) is 1.85. The van der Waals surface area contributed by atoms with E-state index in [0.29, 0.717) is 28.6 Å². The van der Waals surface area contributed by atoms with Crippen LogP contribution < -0.4 is 19.5 Å². The van der Waals surface area contributed by atoms with Crippen molar-refractivity contribution < 1.29 is 22.7 Å². The minimum atomic E-state index is -3.92. The number of para-hydroxylation sites is 2. The zero-order valence-corrected chi connectivity index (χ0v) is 16.3. The molecule has 0 aromatic heterocycles. The van der Waals surface area contributed by atoms with Gasteiger partial charge in [-0.05, 0) is 55.0 Å². The highest BCUT2D eigenvalue weighted by Crippen LogP contribution is 2.33. The summed E-state index contributed by atoms with van der Waals surface area (Å²) in [5.74, 6) is 1.06. The largest absolute Gasteiger partial charge is 0.482 e. The molecule has 0 radical (unpaired) electrons. The summed E-state index contributed by atoms with van der Waals surface area (Å²) in [6.07, 6.45) is 0. The van der Waals surface area contributed by atoms with Gasteiger partial charge < -0.3 is 14.8 Å². The highest BCUT2D eigenvalue weighted by Gasteiger charge is 2.22. The number of benzene rings is 3. The second-order valence-electron chi connectivity index (χ2n) is 6.52. The van der Waals surface area contributed by atoms with Gasteiger partial charge in [-0.1, -0.05) is 24.3 Å². The Balaban J connectivity index is 1.62. The predicted octanol–water partition coefficient (Wildman–Crippen LogP) is 3.92. The highest BCUT2D eigenvalue weighted by molar-refractivity contribution is 7.92.